The van der Waals surface area contributed by atoms with Gasteiger partial charge in [-0.2, -0.15) is 0 Å². The average molecular weight is 288 g/mol. The Morgan fingerprint density at radius 2 is 2.25 bits per heavy atom. The van der Waals surface area contributed by atoms with Crippen LogP contribution in [0.3, 0.4) is 0 Å². The number of anilines is 1. The van der Waals surface area contributed by atoms with Crippen molar-refractivity contribution in [3.8, 4) is 0 Å². The highest BCUT2D eigenvalue weighted by Gasteiger charge is 2.24. The summed E-state index contributed by atoms with van der Waals surface area (Å²) in [6, 6.07) is 10.2. The van der Waals surface area contributed by atoms with Crippen LogP contribution in [0.2, 0.25) is 0 Å². The molecule has 3 rings (SSSR count). The molecule has 1 amide bonds. The molecule has 0 spiro atoms. The summed E-state index contributed by atoms with van der Waals surface area (Å²) < 4.78 is 5.35. The Morgan fingerprint density at radius 1 is 1.40 bits per heavy atom. The molecule has 20 heavy (non-hydrogen) atoms. The summed E-state index contributed by atoms with van der Waals surface area (Å²) in [4.78, 5) is 16.4. The summed E-state index contributed by atoms with van der Waals surface area (Å²) in [5.74, 6) is -0.0805. The lowest BCUT2D eigenvalue weighted by atomic mass is 10.1. The average Bonchev–Trinajstić information content (AvgIpc) is 3.11. The minimum absolute atomic E-state index is 0.0805. The smallest absolute Gasteiger partial charge is 0.255 e. The van der Waals surface area contributed by atoms with Crippen molar-refractivity contribution in [2.45, 2.75) is 25.4 Å². The molecule has 1 aromatic heterocycles. The van der Waals surface area contributed by atoms with Gasteiger partial charge in [0.05, 0.1) is 5.69 Å². The number of amides is 1. The normalized spacial score (nSPS) is 18.1. The molecule has 1 aliphatic rings. The number of nitrogens with zero attached hydrogens (tertiary/aromatic N) is 1. The van der Waals surface area contributed by atoms with E-state index in [1.54, 1.807) is 0 Å². The van der Waals surface area contributed by atoms with Crippen LogP contribution in [-0.2, 0) is 16.0 Å². The van der Waals surface area contributed by atoms with E-state index in [1.165, 1.54) is 16.9 Å². The maximum absolute atomic E-state index is 11.9. The molecule has 104 valence electrons. The fourth-order valence-electron chi connectivity index (χ4n) is 2.22. The van der Waals surface area contributed by atoms with E-state index in [-0.39, 0.29) is 12.0 Å². The van der Waals surface area contributed by atoms with Gasteiger partial charge < -0.3 is 4.74 Å². The summed E-state index contributed by atoms with van der Waals surface area (Å²) in [6.07, 6.45) is 2.23. The number of hydrogen-bond acceptors (Lipinski definition) is 4. The third-order valence-corrected chi connectivity index (χ3v) is 4.04. The number of ether oxygens (including phenoxy) is 1. The lowest BCUT2D eigenvalue weighted by Crippen LogP contribution is -2.26. The Hall–Kier alpha value is -1.72. The molecule has 0 radical (unpaired) electrons. The van der Waals surface area contributed by atoms with Crippen LogP contribution in [0.15, 0.2) is 35.7 Å². The van der Waals surface area contributed by atoms with E-state index >= 15 is 0 Å². The molecular formula is C15H16N2O2S. The zero-order chi connectivity index (χ0) is 13.8. The minimum atomic E-state index is -0.309. The summed E-state index contributed by atoms with van der Waals surface area (Å²) in [5.41, 5.74) is 2.19. The van der Waals surface area contributed by atoms with E-state index in [2.05, 4.69) is 22.4 Å². The topological polar surface area (TPSA) is 51.2 Å². The van der Waals surface area contributed by atoms with Gasteiger partial charge in [-0.3, -0.25) is 10.1 Å². The van der Waals surface area contributed by atoms with E-state index in [1.807, 2.05) is 23.6 Å². The number of rotatable bonds is 4. The second-order valence-electron chi connectivity index (χ2n) is 4.80. The van der Waals surface area contributed by atoms with Gasteiger partial charge in [-0.05, 0) is 18.4 Å². The summed E-state index contributed by atoms with van der Waals surface area (Å²) in [6.45, 7) is 0.676. The van der Waals surface area contributed by atoms with Crippen molar-refractivity contribution >= 4 is 22.4 Å². The number of carbonyl (C=O) groups excluding carboxylic acids is 1. The zero-order valence-electron chi connectivity index (χ0n) is 11.0. The predicted octanol–water partition coefficient (Wildman–Crippen LogP) is 2.85. The third kappa shape index (κ3) is 3.23. The highest BCUT2D eigenvalue weighted by molar-refractivity contribution is 7.13. The standard InChI is InChI=1S/C15H16N2O2S/c18-14(13-7-4-8-19-13)17-15-16-12(10-20-15)9-11-5-2-1-3-6-11/h1-3,5-6,10,13H,4,7-9H2,(H,16,17,18)/t13-/m1/s1. The van der Waals surface area contributed by atoms with E-state index in [4.69, 9.17) is 4.74 Å². The van der Waals surface area contributed by atoms with Gasteiger partial charge in [-0.1, -0.05) is 30.3 Å². The second kappa shape index (κ2) is 6.15. The van der Waals surface area contributed by atoms with Crippen LogP contribution in [-0.4, -0.2) is 23.6 Å². The van der Waals surface area contributed by atoms with Crippen molar-refractivity contribution < 1.29 is 9.53 Å². The molecule has 1 N–H and O–H groups in total. The van der Waals surface area contributed by atoms with Crippen molar-refractivity contribution in [1.82, 2.24) is 4.98 Å². The number of carbonyl (C=O) groups is 1. The maximum atomic E-state index is 11.9. The number of thiazole rings is 1. The van der Waals surface area contributed by atoms with Crippen molar-refractivity contribution in [2.24, 2.45) is 0 Å². The van der Waals surface area contributed by atoms with Gasteiger partial charge in [-0.15, -0.1) is 11.3 Å². The lowest BCUT2D eigenvalue weighted by molar-refractivity contribution is -0.124. The van der Waals surface area contributed by atoms with Gasteiger partial charge in [0.1, 0.15) is 6.10 Å². The zero-order valence-corrected chi connectivity index (χ0v) is 11.9. The molecule has 1 aliphatic heterocycles. The fraction of sp³-hybridized carbons (Fsp3) is 0.333. The van der Waals surface area contributed by atoms with Crippen molar-refractivity contribution in [1.29, 1.82) is 0 Å². The molecular weight excluding hydrogens is 272 g/mol. The van der Waals surface area contributed by atoms with Crippen LogP contribution in [0, 0.1) is 0 Å². The number of nitrogens with one attached hydrogen (secondary N) is 1. The van der Waals surface area contributed by atoms with Gasteiger partial charge in [0.2, 0.25) is 0 Å². The lowest BCUT2D eigenvalue weighted by Gasteiger charge is -2.07. The maximum Gasteiger partial charge on any atom is 0.255 e. The molecule has 0 bridgehead atoms. The molecule has 1 saturated heterocycles. The highest BCUT2D eigenvalue weighted by atomic mass is 32.1. The molecule has 1 aromatic carbocycles. The first kappa shape index (κ1) is 13.3. The first-order chi connectivity index (χ1) is 9.81. The van der Waals surface area contributed by atoms with E-state index in [9.17, 15) is 4.79 Å². The molecule has 5 heteroatoms. The van der Waals surface area contributed by atoms with Crippen molar-refractivity contribution in [3.63, 3.8) is 0 Å². The predicted molar refractivity (Wildman–Crippen MR) is 79.0 cm³/mol. The van der Waals surface area contributed by atoms with Gasteiger partial charge in [0.25, 0.3) is 5.91 Å². The Kier molecular flexibility index (Phi) is 4.08. The van der Waals surface area contributed by atoms with E-state index < -0.39 is 0 Å². The highest BCUT2D eigenvalue weighted by Crippen LogP contribution is 2.20. The molecule has 4 nitrogen and oxygen atoms in total. The van der Waals surface area contributed by atoms with Gasteiger partial charge in [0.15, 0.2) is 5.13 Å². The molecule has 0 unspecified atom stereocenters. The van der Waals surface area contributed by atoms with Crippen LogP contribution in [0.25, 0.3) is 0 Å². The molecule has 0 saturated carbocycles. The van der Waals surface area contributed by atoms with Crippen molar-refractivity contribution in [2.75, 3.05) is 11.9 Å². The van der Waals surface area contributed by atoms with Crippen LogP contribution in [0.4, 0.5) is 5.13 Å². The monoisotopic (exact) mass is 288 g/mol. The minimum Gasteiger partial charge on any atom is -0.368 e. The molecule has 2 heterocycles. The second-order valence-corrected chi connectivity index (χ2v) is 5.66. The largest absolute Gasteiger partial charge is 0.368 e. The van der Waals surface area contributed by atoms with Gasteiger partial charge in [-0.25, -0.2) is 4.98 Å². The summed E-state index contributed by atoms with van der Waals surface area (Å²) in [5, 5.41) is 5.47. The molecule has 2 aromatic rings. The van der Waals surface area contributed by atoms with Crippen LogP contribution in [0.5, 0.6) is 0 Å². The SMILES string of the molecule is O=C(Nc1nc(Cc2ccccc2)cs1)[C@H]1CCCO1. The summed E-state index contributed by atoms with van der Waals surface area (Å²) in [7, 11) is 0. The number of benzene rings is 1. The van der Waals surface area contributed by atoms with Crippen LogP contribution in [0.1, 0.15) is 24.1 Å². The quantitative estimate of drug-likeness (QED) is 0.941. The number of hydrogen-bond donors (Lipinski definition) is 1. The molecule has 0 aliphatic carbocycles. The van der Waals surface area contributed by atoms with Gasteiger partial charge >= 0.3 is 0 Å². The van der Waals surface area contributed by atoms with Gasteiger partial charge in [0, 0.05) is 18.4 Å². The van der Waals surface area contributed by atoms with Crippen molar-refractivity contribution in [3.05, 3.63) is 47.0 Å². The van der Waals surface area contributed by atoms with E-state index in [0.717, 1.165) is 25.0 Å². The first-order valence-electron chi connectivity index (χ1n) is 6.72. The number of aromatic nitrogens is 1. The Labute approximate surface area is 121 Å². The Balaban J connectivity index is 1.60. The molecule has 1 fully saturated rings. The Bertz CT molecular complexity index is 577. The fourth-order valence-corrected chi connectivity index (χ4v) is 2.93. The Morgan fingerprint density at radius 3 is 3.00 bits per heavy atom. The van der Waals surface area contributed by atoms with Crippen LogP contribution < -0.4 is 5.32 Å². The molecule has 1 atom stereocenters. The summed E-state index contributed by atoms with van der Waals surface area (Å²) >= 11 is 1.46. The third-order valence-electron chi connectivity index (χ3n) is 3.23. The van der Waals surface area contributed by atoms with E-state index in [0.29, 0.717) is 11.7 Å². The van der Waals surface area contributed by atoms with Crippen LogP contribution >= 0.6 is 11.3 Å². The first-order valence-corrected chi connectivity index (χ1v) is 7.60.